The molecule has 3 N–H and O–H groups in total. The second-order valence-corrected chi connectivity index (χ2v) is 7.01. The molecule has 2 amide bonds. The fourth-order valence-corrected chi connectivity index (χ4v) is 3.32. The van der Waals surface area contributed by atoms with Crippen molar-refractivity contribution in [1.82, 2.24) is 15.2 Å². The Morgan fingerprint density at radius 2 is 2.08 bits per heavy atom. The summed E-state index contributed by atoms with van der Waals surface area (Å²) in [6, 6.07) is 6.83. The van der Waals surface area contributed by atoms with Gasteiger partial charge in [0.2, 0.25) is 5.91 Å². The van der Waals surface area contributed by atoms with Crippen LogP contribution in [0.1, 0.15) is 36.2 Å². The van der Waals surface area contributed by atoms with Gasteiger partial charge in [0.05, 0.1) is 11.1 Å². The lowest BCUT2D eigenvalue weighted by atomic mass is 10.0. The zero-order chi connectivity index (χ0) is 18.1. The first kappa shape index (κ1) is 17.4. The predicted molar refractivity (Wildman–Crippen MR) is 97.2 cm³/mol. The number of benzene rings is 1. The van der Waals surface area contributed by atoms with Gasteiger partial charge in [-0.25, -0.2) is 0 Å². The monoisotopic (exact) mass is 340 g/mol. The molecule has 1 aliphatic rings. The lowest BCUT2D eigenvalue weighted by Crippen LogP contribution is -2.47. The molecular formula is C19H24N4O2. The van der Waals surface area contributed by atoms with Crippen LogP contribution < -0.4 is 11.1 Å². The van der Waals surface area contributed by atoms with Crippen molar-refractivity contribution in [3.05, 3.63) is 41.6 Å². The minimum absolute atomic E-state index is 0.0191. The molecule has 3 rings (SSSR count). The van der Waals surface area contributed by atoms with Gasteiger partial charge < -0.3 is 16.0 Å². The molecule has 0 saturated carbocycles. The summed E-state index contributed by atoms with van der Waals surface area (Å²) in [7, 11) is 0. The summed E-state index contributed by atoms with van der Waals surface area (Å²) in [6.45, 7) is 6.16. The number of aromatic nitrogens is 1. The number of pyridine rings is 1. The molecule has 2 atom stereocenters. The number of carbonyl (C=O) groups is 2. The highest BCUT2D eigenvalue weighted by Crippen LogP contribution is 2.24. The summed E-state index contributed by atoms with van der Waals surface area (Å²) in [4.78, 5) is 31.6. The molecular weight excluding hydrogens is 316 g/mol. The van der Waals surface area contributed by atoms with Crippen LogP contribution in [0.25, 0.3) is 10.9 Å². The van der Waals surface area contributed by atoms with E-state index in [1.165, 1.54) is 0 Å². The second kappa shape index (κ2) is 6.80. The van der Waals surface area contributed by atoms with Gasteiger partial charge in [-0.15, -0.1) is 0 Å². The molecule has 25 heavy (non-hydrogen) atoms. The van der Waals surface area contributed by atoms with Crippen LogP contribution in [0, 0.1) is 6.92 Å². The molecule has 0 aliphatic carbocycles. The summed E-state index contributed by atoms with van der Waals surface area (Å²) < 4.78 is 0. The van der Waals surface area contributed by atoms with E-state index in [1.807, 2.05) is 39.0 Å². The minimum Gasteiger partial charge on any atom is -0.352 e. The number of fused-ring (bicyclic) bond motifs is 1. The van der Waals surface area contributed by atoms with Crippen LogP contribution in [-0.4, -0.2) is 46.4 Å². The average molecular weight is 340 g/mol. The minimum atomic E-state index is -0.530. The summed E-state index contributed by atoms with van der Waals surface area (Å²) in [5.41, 5.74) is 8.43. The number of likely N-dealkylation sites (tertiary alicyclic amines) is 1. The van der Waals surface area contributed by atoms with Crippen LogP contribution in [-0.2, 0) is 4.79 Å². The quantitative estimate of drug-likeness (QED) is 0.888. The Balaban J connectivity index is 1.96. The number of nitrogens with zero attached hydrogens (tertiary/aromatic N) is 2. The van der Waals surface area contributed by atoms with Crippen molar-refractivity contribution in [1.29, 1.82) is 0 Å². The zero-order valence-corrected chi connectivity index (χ0v) is 14.8. The van der Waals surface area contributed by atoms with Gasteiger partial charge in [0.1, 0.15) is 6.04 Å². The maximum absolute atomic E-state index is 13.2. The molecule has 1 saturated heterocycles. The average Bonchev–Trinajstić information content (AvgIpc) is 2.95. The molecule has 1 aromatic carbocycles. The van der Waals surface area contributed by atoms with Crippen LogP contribution in [0.15, 0.2) is 30.5 Å². The Morgan fingerprint density at radius 1 is 1.32 bits per heavy atom. The number of amides is 2. The summed E-state index contributed by atoms with van der Waals surface area (Å²) in [5.74, 6) is -0.319. The normalized spacial score (nSPS) is 20.3. The fourth-order valence-electron chi connectivity index (χ4n) is 3.32. The van der Waals surface area contributed by atoms with Gasteiger partial charge in [0.15, 0.2) is 0 Å². The number of nitrogens with two attached hydrogens (primary N) is 1. The van der Waals surface area contributed by atoms with Gasteiger partial charge in [-0.2, -0.15) is 0 Å². The molecule has 0 radical (unpaired) electrons. The van der Waals surface area contributed by atoms with Crippen molar-refractivity contribution in [2.75, 3.05) is 6.54 Å². The van der Waals surface area contributed by atoms with Gasteiger partial charge in [0.25, 0.3) is 5.91 Å². The molecule has 1 aliphatic heterocycles. The molecule has 132 valence electrons. The zero-order valence-electron chi connectivity index (χ0n) is 14.8. The lowest BCUT2D eigenvalue weighted by Gasteiger charge is -2.25. The van der Waals surface area contributed by atoms with Crippen LogP contribution in [0.5, 0.6) is 0 Å². The third kappa shape index (κ3) is 3.49. The second-order valence-electron chi connectivity index (χ2n) is 7.01. The standard InChI is InChI=1S/C19H24N4O2/c1-11(2)22-18(24)17-9-13(20)10-23(17)19(25)14-6-7-21-16-5-4-12(3)8-15(14)16/h4-8,11,13,17H,9-10,20H2,1-3H3,(H,22,24). The molecule has 2 aromatic rings. The molecule has 6 nitrogen and oxygen atoms in total. The Kier molecular flexibility index (Phi) is 4.72. The van der Waals surface area contributed by atoms with E-state index in [0.29, 0.717) is 18.5 Å². The van der Waals surface area contributed by atoms with Crippen molar-refractivity contribution < 1.29 is 9.59 Å². The first-order valence-electron chi connectivity index (χ1n) is 8.59. The Bertz CT molecular complexity index is 818. The van der Waals surface area contributed by atoms with Gasteiger partial charge in [0, 0.05) is 30.2 Å². The summed E-state index contributed by atoms with van der Waals surface area (Å²) in [6.07, 6.45) is 2.11. The van der Waals surface area contributed by atoms with E-state index in [-0.39, 0.29) is 23.9 Å². The number of rotatable bonds is 3. The highest BCUT2D eigenvalue weighted by molar-refractivity contribution is 6.07. The Hall–Kier alpha value is -2.47. The Labute approximate surface area is 147 Å². The first-order valence-corrected chi connectivity index (χ1v) is 8.59. The SMILES string of the molecule is Cc1ccc2nccc(C(=O)N3CC(N)CC3C(=O)NC(C)C)c2c1. The van der Waals surface area contributed by atoms with Gasteiger partial charge in [-0.05, 0) is 45.4 Å². The van der Waals surface area contributed by atoms with Crippen molar-refractivity contribution in [3.63, 3.8) is 0 Å². The van der Waals surface area contributed by atoms with E-state index in [2.05, 4.69) is 10.3 Å². The molecule has 0 bridgehead atoms. The van der Waals surface area contributed by atoms with Crippen LogP contribution in [0.2, 0.25) is 0 Å². The van der Waals surface area contributed by atoms with E-state index in [9.17, 15) is 9.59 Å². The maximum Gasteiger partial charge on any atom is 0.255 e. The fraction of sp³-hybridized carbons (Fsp3) is 0.421. The third-order valence-electron chi connectivity index (χ3n) is 4.46. The summed E-state index contributed by atoms with van der Waals surface area (Å²) >= 11 is 0. The van der Waals surface area contributed by atoms with Crippen molar-refractivity contribution in [2.24, 2.45) is 5.73 Å². The van der Waals surface area contributed by atoms with Gasteiger partial charge in [-0.3, -0.25) is 14.6 Å². The summed E-state index contributed by atoms with van der Waals surface area (Å²) in [5, 5.41) is 3.69. The third-order valence-corrected chi connectivity index (χ3v) is 4.46. The topological polar surface area (TPSA) is 88.3 Å². The van der Waals surface area contributed by atoms with E-state index >= 15 is 0 Å². The Morgan fingerprint density at radius 3 is 2.80 bits per heavy atom. The predicted octanol–water partition coefficient (Wildman–Crippen LogP) is 1.61. The van der Waals surface area contributed by atoms with Crippen molar-refractivity contribution in [2.45, 2.75) is 45.3 Å². The van der Waals surface area contributed by atoms with Crippen molar-refractivity contribution in [3.8, 4) is 0 Å². The number of hydrogen-bond donors (Lipinski definition) is 2. The molecule has 2 unspecified atom stereocenters. The van der Waals surface area contributed by atoms with Crippen LogP contribution in [0.3, 0.4) is 0 Å². The maximum atomic E-state index is 13.2. The largest absolute Gasteiger partial charge is 0.352 e. The van der Waals surface area contributed by atoms with Crippen molar-refractivity contribution >= 4 is 22.7 Å². The first-order chi connectivity index (χ1) is 11.9. The highest BCUT2D eigenvalue weighted by atomic mass is 16.2. The molecule has 1 aromatic heterocycles. The van der Waals surface area contributed by atoms with E-state index in [0.717, 1.165) is 16.5 Å². The van der Waals surface area contributed by atoms with E-state index < -0.39 is 6.04 Å². The number of nitrogens with one attached hydrogen (secondary N) is 1. The van der Waals surface area contributed by atoms with E-state index in [4.69, 9.17) is 5.73 Å². The van der Waals surface area contributed by atoms with E-state index in [1.54, 1.807) is 17.2 Å². The number of hydrogen-bond acceptors (Lipinski definition) is 4. The molecule has 0 spiro atoms. The number of carbonyl (C=O) groups excluding carboxylic acids is 2. The number of aryl methyl sites for hydroxylation is 1. The molecule has 1 fully saturated rings. The smallest absolute Gasteiger partial charge is 0.255 e. The van der Waals surface area contributed by atoms with Crippen LogP contribution in [0.4, 0.5) is 0 Å². The highest BCUT2D eigenvalue weighted by Gasteiger charge is 2.39. The molecule has 6 heteroatoms. The van der Waals surface area contributed by atoms with Gasteiger partial charge in [-0.1, -0.05) is 11.6 Å². The molecule has 2 heterocycles. The van der Waals surface area contributed by atoms with Gasteiger partial charge >= 0.3 is 0 Å². The lowest BCUT2D eigenvalue weighted by molar-refractivity contribution is -0.125. The van der Waals surface area contributed by atoms with Crippen LogP contribution >= 0.6 is 0 Å².